The van der Waals surface area contributed by atoms with E-state index in [1.54, 1.807) is 4.90 Å². The number of carbonyl (C=O) groups is 1. The minimum absolute atomic E-state index is 0.0330. The van der Waals surface area contributed by atoms with Crippen LogP contribution in [0.4, 0.5) is 4.79 Å². The average Bonchev–Trinajstić information content (AvgIpc) is 3.14. The van der Waals surface area contributed by atoms with Gasteiger partial charge in [0.05, 0.1) is 6.04 Å². The molecule has 29 heavy (non-hydrogen) atoms. The minimum Gasteiger partial charge on any atom is -0.491 e. The zero-order valence-electron chi connectivity index (χ0n) is 17.2. The lowest BCUT2D eigenvalue weighted by molar-refractivity contribution is 0.0187. The van der Waals surface area contributed by atoms with Gasteiger partial charge in [-0.2, -0.15) is 0 Å². The summed E-state index contributed by atoms with van der Waals surface area (Å²) in [7, 11) is 0. The van der Waals surface area contributed by atoms with Crippen molar-refractivity contribution in [3.05, 3.63) is 59.1 Å². The van der Waals surface area contributed by atoms with Gasteiger partial charge in [-0.1, -0.05) is 23.7 Å². The molecule has 1 saturated heterocycles. The molecule has 1 atom stereocenters. The van der Waals surface area contributed by atoms with E-state index in [1.165, 1.54) is 0 Å². The van der Waals surface area contributed by atoms with Gasteiger partial charge in [0.2, 0.25) is 0 Å². The Labute approximate surface area is 177 Å². The second kappa shape index (κ2) is 9.40. The van der Waals surface area contributed by atoms with E-state index in [2.05, 4.69) is 0 Å². The zero-order valence-corrected chi connectivity index (χ0v) is 17.9. The first kappa shape index (κ1) is 21.3. The van der Waals surface area contributed by atoms with Crippen molar-refractivity contribution in [2.45, 2.75) is 51.9 Å². The average molecular weight is 418 g/mol. The predicted molar refractivity (Wildman–Crippen MR) is 114 cm³/mol. The van der Waals surface area contributed by atoms with Gasteiger partial charge in [0, 0.05) is 11.6 Å². The number of nitrogens with zero attached hydrogens (tertiary/aromatic N) is 1. The Bertz CT molecular complexity index is 799. The van der Waals surface area contributed by atoms with Crippen LogP contribution >= 0.6 is 11.6 Å². The van der Waals surface area contributed by atoms with Gasteiger partial charge in [-0.15, -0.1) is 0 Å². The number of amides is 1. The van der Waals surface area contributed by atoms with E-state index < -0.39 is 5.60 Å². The Morgan fingerprint density at radius 3 is 2.28 bits per heavy atom. The second-order valence-electron chi connectivity index (χ2n) is 8.17. The third-order valence-corrected chi connectivity index (χ3v) is 4.84. The van der Waals surface area contributed by atoms with Crippen LogP contribution in [0.1, 0.15) is 39.2 Å². The third kappa shape index (κ3) is 6.57. The molecular weight excluding hydrogens is 390 g/mol. The first-order valence-corrected chi connectivity index (χ1v) is 10.3. The number of halogens is 1. The van der Waals surface area contributed by atoms with Crippen molar-refractivity contribution < 1.29 is 19.0 Å². The smallest absolute Gasteiger partial charge is 0.410 e. The van der Waals surface area contributed by atoms with Crippen LogP contribution in [0.5, 0.6) is 11.5 Å². The molecule has 2 aromatic rings. The van der Waals surface area contributed by atoms with E-state index in [0.29, 0.717) is 24.8 Å². The highest BCUT2D eigenvalue weighted by Gasteiger charge is 2.32. The normalized spacial score (nSPS) is 16.6. The second-order valence-corrected chi connectivity index (χ2v) is 8.60. The summed E-state index contributed by atoms with van der Waals surface area (Å²) >= 11 is 5.89. The Kier molecular flexibility index (Phi) is 6.91. The Morgan fingerprint density at radius 1 is 1.03 bits per heavy atom. The van der Waals surface area contributed by atoms with Crippen LogP contribution < -0.4 is 9.47 Å². The molecule has 6 heteroatoms. The molecule has 3 rings (SSSR count). The van der Waals surface area contributed by atoms with Crippen molar-refractivity contribution in [3.8, 4) is 11.5 Å². The zero-order chi connectivity index (χ0) is 20.9. The Morgan fingerprint density at radius 2 is 1.66 bits per heavy atom. The quantitative estimate of drug-likeness (QED) is 0.605. The SMILES string of the molecule is CC(C)(C)OC(=O)N1CCC[C@@H]1COc1ccc(OCc2ccc(Cl)cc2)cc1. The predicted octanol–water partition coefficient (Wildman–Crippen LogP) is 5.70. The number of benzene rings is 2. The molecule has 1 amide bonds. The topological polar surface area (TPSA) is 48.0 Å². The van der Waals surface area contributed by atoms with Crippen molar-refractivity contribution in [1.29, 1.82) is 0 Å². The van der Waals surface area contributed by atoms with Gasteiger partial charge in [0.15, 0.2) is 0 Å². The summed E-state index contributed by atoms with van der Waals surface area (Å²) in [6, 6.07) is 15.1. The van der Waals surface area contributed by atoms with E-state index in [0.717, 1.165) is 29.9 Å². The first-order chi connectivity index (χ1) is 13.8. The van der Waals surface area contributed by atoms with E-state index in [9.17, 15) is 4.79 Å². The molecule has 0 spiro atoms. The molecule has 5 nitrogen and oxygen atoms in total. The molecule has 156 valence electrons. The van der Waals surface area contributed by atoms with E-state index in [-0.39, 0.29) is 12.1 Å². The summed E-state index contributed by atoms with van der Waals surface area (Å²) in [5, 5.41) is 0.711. The van der Waals surface area contributed by atoms with Gasteiger partial charge in [-0.25, -0.2) is 4.79 Å². The number of hydrogen-bond donors (Lipinski definition) is 0. The fourth-order valence-electron chi connectivity index (χ4n) is 3.14. The van der Waals surface area contributed by atoms with Crippen molar-refractivity contribution in [2.75, 3.05) is 13.2 Å². The van der Waals surface area contributed by atoms with Gasteiger partial charge < -0.3 is 19.1 Å². The number of carbonyl (C=O) groups excluding carboxylic acids is 1. The maximum Gasteiger partial charge on any atom is 0.410 e. The highest BCUT2D eigenvalue weighted by atomic mass is 35.5. The summed E-state index contributed by atoms with van der Waals surface area (Å²) in [5.74, 6) is 1.52. The van der Waals surface area contributed by atoms with Crippen molar-refractivity contribution in [3.63, 3.8) is 0 Å². The lowest BCUT2D eigenvalue weighted by atomic mass is 10.2. The lowest BCUT2D eigenvalue weighted by Gasteiger charge is -2.28. The lowest BCUT2D eigenvalue weighted by Crippen LogP contribution is -2.42. The van der Waals surface area contributed by atoms with Gasteiger partial charge in [0.1, 0.15) is 30.3 Å². The molecular formula is C23H28ClNO4. The molecule has 1 heterocycles. The molecule has 0 bridgehead atoms. The molecule has 1 aliphatic heterocycles. The molecule has 0 radical (unpaired) electrons. The van der Waals surface area contributed by atoms with Crippen LogP contribution in [0, 0.1) is 0 Å². The first-order valence-electron chi connectivity index (χ1n) is 9.90. The van der Waals surface area contributed by atoms with Crippen LogP contribution in [-0.2, 0) is 11.3 Å². The summed E-state index contributed by atoms with van der Waals surface area (Å²) in [6.45, 7) is 7.27. The number of hydrogen-bond acceptors (Lipinski definition) is 4. The molecule has 2 aromatic carbocycles. The maximum absolute atomic E-state index is 12.4. The molecule has 0 unspecified atom stereocenters. The van der Waals surface area contributed by atoms with E-state index in [1.807, 2.05) is 69.3 Å². The molecule has 0 saturated carbocycles. The summed E-state index contributed by atoms with van der Waals surface area (Å²) < 4.78 is 17.2. The summed E-state index contributed by atoms with van der Waals surface area (Å²) in [4.78, 5) is 14.1. The van der Waals surface area contributed by atoms with Crippen molar-refractivity contribution in [1.82, 2.24) is 4.90 Å². The summed E-state index contributed by atoms with van der Waals surface area (Å²) in [6.07, 6.45) is 1.61. The molecule has 0 aromatic heterocycles. The molecule has 0 aliphatic carbocycles. The van der Waals surface area contributed by atoms with E-state index in [4.69, 9.17) is 25.8 Å². The molecule has 0 N–H and O–H groups in total. The van der Waals surface area contributed by atoms with Crippen molar-refractivity contribution >= 4 is 17.7 Å². The van der Waals surface area contributed by atoms with Gasteiger partial charge in [0.25, 0.3) is 0 Å². The monoisotopic (exact) mass is 417 g/mol. The van der Waals surface area contributed by atoms with Crippen LogP contribution in [0.25, 0.3) is 0 Å². The highest BCUT2D eigenvalue weighted by Crippen LogP contribution is 2.23. The maximum atomic E-state index is 12.4. The number of rotatable bonds is 6. The standard InChI is InChI=1S/C23H28ClNO4/c1-23(2,3)29-22(26)25-14-4-5-19(25)16-28-21-12-10-20(11-13-21)27-15-17-6-8-18(24)9-7-17/h6-13,19H,4-5,14-16H2,1-3H3/t19-/m1/s1. The fraction of sp³-hybridized carbons (Fsp3) is 0.435. The number of likely N-dealkylation sites (tertiary alicyclic amines) is 1. The van der Waals surface area contributed by atoms with E-state index >= 15 is 0 Å². The minimum atomic E-state index is -0.493. The number of ether oxygens (including phenoxy) is 3. The molecule has 1 fully saturated rings. The third-order valence-electron chi connectivity index (χ3n) is 4.59. The van der Waals surface area contributed by atoms with Gasteiger partial charge in [-0.3, -0.25) is 0 Å². The largest absolute Gasteiger partial charge is 0.491 e. The van der Waals surface area contributed by atoms with Gasteiger partial charge in [-0.05, 0) is 75.6 Å². The Balaban J connectivity index is 1.48. The highest BCUT2D eigenvalue weighted by molar-refractivity contribution is 6.30. The van der Waals surface area contributed by atoms with Crippen LogP contribution in [0.3, 0.4) is 0 Å². The van der Waals surface area contributed by atoms with Crippen LogP contribution in [0.2, 0.25) is 5.02 Å². The van der Waals surface area contributed by atoms with Crippen molar-refractivity contribution in [2.24, 2.45) is 0 Å². The summed E-state index contributed by atoms with van der Waals surface area (Å²) in [5.41, 5.74) is 0.561. The molecule has 1 aliphatic rings. The Hall–Kier alpha value is -2.40. The van der Waals surface area contributed by atoms with Gasteiger partial charge >= 0.3 is 6.09 Å². The fourth-order valence-corrected chi connectivity index (χ4v) is 3.27. The van der Waals surface area contributed by atoms with Crippen LogP contribution in [-0.4, -0.2) is 35.8 Å². The van der Waals surface area contributed by atoms with Crippen LogP contribution in [0.15, 0.2) is 48.5 Å².